The third-order valence-electron chi connectivity index (χ3n) is 3.38. The molecule has 3 rings (SSSR count). The lowest BCUT2D eigenvalue weighted by molar-refractivity contribution is 0.617. The molecule has 2 aromatic carbocycles. The van der Waals surface area contributed by atoms with Crippen LogP contribution in [0.3, 0.4) is 0 Å². The summed E-state index contributed by atoms with van der Waals surface area (Å²) in [4.78, 5) is 19.1. The van der Waals surface area contributed by atoms with Crippen molar-refractivity contribution in [2.45, 2.75) is 10.9 Å². The number of nitrogens with one attached hydrogen (secondary N) is 1. The highest BCUT2D eigenvalue weighted by molar-refractivity contribution is 7.98. The average Bonchev–Trinajstić information content (AvgIpc) is 2.61. The molecule has 0 fully saturated rings. The first kappa shape index (κ1) is 16.0. The molecule has 0 aliphatic rings. The molecule has 1 heterocycles. The lowest BCUT2D eigenvalue weighted by Crippen LogP contribution is -2.14. The first-order valence-electron chi connectivity index (χ1n) is 7.15. The molecule has 0 spiro atoms. The van der Waals surface area contributed by atoms with Gasteiger partial charge >= 0.3 is 0 Å². The summed E-state index contributed by atoms with van der Waals surface area (Å²) in [5, 5.41) is 9.58. The van der Waals surface area contributed by atoms with Crippen molar-refractivity contribution in [3.8, 4) is 17.3 Å². The molecule has 0 aliphatic heterocycles. The van der Waals surface area contributed by atoms with Crippen LogP contribution in [0.5, 0.6) is 0 Å². The second-order valence-corrected chi connectivity index (χ2v) is 5.92. The Kier molecular flexibility index (Phi) is 4.73. The zero-order chi connectivity index (χ0) is 16.9. The first-order valence-corrected chi connectivity index (χ1v) is 8.13. The fraction of sp³-hybridized carbons (Fsp3) is 0.0556. The number of thioether (sulfide) groups is 1. The van der Waals surface area contributed by atoms with Crippen molar-refractivity contribution in [1.29, 1.82) is 5.26 Å². The molecule has 0 radical (unpaired) electrons. The Morgan fingerprint density at radius 3 is 2.54 bits per heavy atom. The predicted octanol–water partition coefficient (Wildman–Crippen LogP) is 3.74. The van der Waals surface area contributed by atoms with Crippen molar-refractivity contribution in [2.24, 2.45) is 0 Å². The topological polar surface area (TPSA) is 69.5 Å². The number of hydrogen-bond acceptors (Lipinski definition) is 4. The fourth-order valence-corrected chi connectivity index (χ4v) is 3.04. The summed E-state index contributed by atoms with van der Waals surface area (Å²) in [5.74, 6) is 0.0275. The summed E-state index contributed by atoms with van der Waals surface area (Å²) in [7, 11) is 0. The summed E-state index contributed by atoms with van der Waals surface area (Å²) >= 11 is 1.21. The molecule has 1 aromatic heterocycles. The van der Waals surface area contributed by atoms with E-state index in [9.17, 15) is 14.4 Å². The van der Waals surface area contributed by atoms with Gasteiger partial charge in [-0.1, -0.05) is 60.3 Å². The molecular weight excluding hydrogens is 325 g/mol. The molecule has 6 heteroatoms. The van der Waals surface area contributed by atoms with Crippen LogP contribution in [0.15, 0.2) is 64.5 Å². The van der Waals surface area contributed by atoms with E-state index in [1.165, 1.54) is 17.8 Å². The van der Waals surface area contributed by atoms with Gasteiger partial charge < -0.3 is 4.98 Å². The molecule has 24 heavy (non-hydrogen) atoms. The van der Waals surface area contributed by atoms with Gasteiger partial charge in [0.1, 0.15) is 17.4 Å². The molecule has 0 saturated heterocycles. The van der Waals surface area contributed by atoms with Crippen LogP contribution < -0.4 is 5.56 Å². The van der Waals surface area contributed by atoms with Gasteiger partial charge in [0.25, 0.3) is 5.56 Å². The van der Waals surface area contributed by atoms with Crippen LogP contribution in [0.2, 0.25) is 0 Å². The van der Waals surface area contributed by atoms with E-state index < -0.39 is 5.56 Å². The second kappa shape index (κ2) is 7.11. The SMILES string of the molecule is N#Cc1c(-c2ccccc2)nc(SCc2ccccc2F)[nH]c1=O. The fourth-order valence-electron chi connectivity index (χ4n) is 2.19. The van der Waals surface area contributed by atoms with Gasteiger partial charge in [0.15, 0.2) is 5.16 Å². The van der Waals surface area contributed by atoms with Crippen molar-refractivity contribution in [3.63, 3.8) is 0 Å². The van der Waals surface area contributed by atoms with E-state index >= 15 is 0 Å². The highest BCUT2D eigenvalue weighted by Crippen LogP contribution is 2.24. The van der Waals surface area contributed by atoms with Gasteiger partial charge in [-0.15, -0.1) is 0 Å². The third kappa shape index (κ3) is 3.36. The Morgan fingerprint density at radius 2 is 1.83 bits per heavy atom. The van der Waals surface area contributed by atoms with Gasteiger partial charge in [0.05, 0.1) is 5.69 Å². The molecule has 0 unspecified atom stereocenters. The Balaban J connectivity index is 1.96. The van der Waals surface area contributed by atoms with E-state index in [1.54, 1.807) is 30.3 Å². The third-order valence-corrected chi connectivity index (χ3v) is 4.30. The number of hydrogen-bond donors (Lipinski definition) is 1. The smallest absolute Gasteiger partial charge is 0.270 e. The maximum atomic E-state index is 13.7. The van der Waals surface area contributed by atoms with Gasteiger partial charge in [-0.3, -0.25) is 4.79 Å². The van der Waals surface area contributed by atoms with Gasteiger partial charge in [0, 0.05) is 11.3 Å². The van der Waals surface area contributed by atoms with Crippen LogP contribution in [0.1, 0.15) is 11.1 Å². The summed E-state index contributed by atoms with van der Waals surface area (Å²) < 4.78 is 13.7. The van der Waals surface area contributed by atoms with Crippen molar-refractivity contribution in [2.75, 3.05) is 0 Å². The van der Waals surface area contributed by atoms with Crippen molar-refractivity contribution in [3.05, 3.63) is 81.9 Å². The number of nitriles is 1. The second-order valence-electron chi connectivity index (χ2n) is 4.95. The van der Waals surface area contributed by atoms with Crippen LogP contribution in [-0.2, 0) is 5.75 Å². The van der Waals surface area contributed by atoms with Crippen LogP contribution in [-0.4, -0.2) is 9.97 Å². The summed E-state index contributed by atoms with van der Waals surface area (Å²) in [6.45, 7) is 0. The van der Waals surface area contributed by atoms with Gasteiger partial charge in [-0.2, -0.15) is 5.26 Å². The normalized spacial score (nSPS) is 10.3. The van der Waals surface area contributed by atoms with E-state index in [0.29, 0.717) is 27.7 Å². The summed E-state index contributed by atoms with van der Waals surface area (Å²) in [6.07, 6.45) is 0. The lowest BCUT2D eigenvalue weighted by atomic mass is 10.1. The molecule has 0 atom stereocenters. The number of aromatic nitrogens is 2. The van der Waals surface area contributed by atoms with E-state index in [4.69, 9.17) is 0 Å². The zero-order valence-corrected chi connectivity index (χ0v) is 13.3. The Morgan fingerprint density at radius 1 is 1.12 bits per heavy atom. The number of nitrogens with zero attached hydrogens (tertiary/aromatic N) is 2. The quantitative estimate of drug-likeness (QED) is 0.581. The lowest BCUT2D eigenvalue weighted by Gasteiger charge is -2.07. The average molecular weight is 337 g/mol. The Labute approximate surface area is 142 Å². The van der Waals surface area contributed by atoms with Crippen LogP contribution in [0, 0.1) is 17.1 Å². The molecule has 1 N–H and O–H groups in total. The summed E-state index contributed by atoms with van der Waals surface area (Å²) in [5.41, 5.74) is 1.01. The van der Waals surface area contributed by atoms with Gasteiger partial charge in [-0.05, 0) is 11.6 Å². The molecule has 0 amide bonds. The molecule has 4 nitrogen and oxygen atoms in total. The monoisotopic (exact) mass is 337 g/mol. The van der Waals surface area contributed by atoms with Crippen LogP contribution >= 0.6 is 11.8 Å². The van der Waals surface area contributed by atoms with Crippen LogP contribution in [0.25, 0.3) is 11.3 Å². The largest absolute Gasteiger partial charge is 0.300 e. The predicted molar refractivity (Wildman–Crippen MR) is 91.0 cm³/mol. The van der Waals surface area contributed by atoms with Crippen molar-refractivity contribution in [1.82, 2.24) is 9.97 Å². The Hall–Kier alpha value is -2.91. The maximum Gasteiger partial charge on any atom is 0.270 e. The minimum atomic E-state index is -0.498. The minimum absolute atomic E-state index is 0.0311. The maximum absolute atomic E-state index is 13.7. The molecule has 3 aromatic rings. The zero-order valence-electron chi connectivity index (χ0n) is 12.5. The van der Waals surface area contributed by atoms with E-state index in [0.717, 1.165) is 0 Å². The molecule has 0 saturated carbocycles. The highest BCUT2D eigenvalue weighted by Gasteiger charge is 2.13. The molecule has 0 bridgehead atoms. The minimum Gasteiger partial charge on any atom is -0.300 e. The van der Waals surface area contributed by atoms with Gasteiger partial charge in [0.2, 0.25) is 0 Å². The molecular formula is C18H12FN3OS. The van der Waals surface area contributed by atoms with Gasteiger partial charge in [-0.25, -0.2) is 9.37 Å². The highest BCUT2D eigenvalue weighted by atomic mass is 32.2. The number of rotatable bonds is 4. The molecule has 0 aliphatic carbocycles. The van der Waals surface area contributed by atoms with E-state index in [2.05, 4.69) is 9.97 Å². The number of halogens is 1. The van der Waals surface area contributed by atoms with E-state index in [1.807, 2.05) is 24.3 Å². The summed E-state index contributed by atoms with van der Waals surface area (Å²) in [6, 6.07) is 17.4. The number of aromatic amines is 1. The van der Waals surface area contributed by atoms with E-state index in [-0.39, 0.29) is 11.4 Å². The van der Waals surface area contributed by atoms with Crippen LogP contribution in [0.4, 0.5) is 4.39 Å². The van der Waals surface area contributed by atoms with Crippen molar-refractivity contribution < 1.29 is 4.39 Å². The standard InChI is InChI=1S/C18H12FN3OS/c19-15-9-5-4-8-13(15)11-24-18-21-16(12-6-2-1-3-7-12)14(10-20)17(23)22-18/h1-9H,11H2,(H,21,22,23). The first-order chi connectivity index (χ1) is 11.7. The number of benzene rings is 2. The number of H-pyrrole nitrogens is 1. The molecule has 118 valence electrons. The van der Waals surface area contributed by atoms with Crippen molar-refractivity contribution >= 4 is 11.8 Å². The Bertz CT molecular complexity index is 964.